The third-order valence-corrected chi connectivity index (χ3v) is 11.8. The van der Waals surface area contributed by atoms with Gasteiger partial charge in [0.15, 0.2) is 0 Å². The van der Waals surface area contributed by atoms with Gasteiger partial charge in [0.25, 0.3) is 5.91 Å². The summed E-state index contributed by atoms with van der Waals surface area (Å²) in [5.74, 6) is -3.55. The first-order valence-electron chi connectivity index (χ1n) is 19.2. The van der Waals surface area contributed by atoms with Crippen molar-refractivity contribution in [3.63, 3.8) is 0 Å². The van der Waals surface area contributed by atoms with Crippen molar-refractivity contribution >= 4 is 29.4 Å². The fourth-order valence-electron chi connectivity index (χ4n) is 8.89. The molecule has 55 heavy (non-hydrogen) atoms. The number of carbonyl (C=O) groups is 4. The number of carbonyl (C=O) groups excluding carboxylic acids is 4. The lowest BCUT2D eigenvalue weighted by molar-refractivity contribution is -0.165. The SMILES string of the molecule is C=CCCC(=O)N(C)[C@@H](C)[C@@H](OC(=O)[C@@H]1[C@H]2C(=O)N([C@@H](CO)Cc3ccccc3)[C@H](C(=O)N(CC=C)c3cc(C)ccc3C)[C@]23CC[C@H]1O3)c1ccccc1. The third-order valence-electron chi connectivity index (χ3n) is 11.8. The van der Waals surface area contributed by atoms with Crippen LogP contribution in [0.1, 0.15) is 61.0 Å². The number of hydrogen-bond donors (Lipinski definition) is 1. The molecule has 3 aliphatic rings. The van der Waals surface area contributed by atoms with E-state index in [4.69, 9.17) is 9.47 Å². The lowest BCUT2D eigenvalue weighted by Crippen LogP contribution is -2.59. The molecule has 0 aliphatic carbocycles. The van der Waals surface area contributed by atoms with E-state index in [-0.39, 0.29) is 24.8 Å². The number of anilines is 1. The van der Waals surface area contributed by atoms with Crippen LogP contribution in [-0.2, 0) is 35.1 Å². The van der Waals surface area contributed by atoms with Gasteiger partial charge in [-0.25, -0.2) is 0 Å². The first-order chi connectivity index (χ1) is 26.5. The predicted octanol–water partition coefficient (Wildman–Crippen LogP) is 5.90. The topological polar surface area (TPSA) is 117 Å². The highest BCUT2D eigenvalue weighted by atomic mass is 16.6. The van der Waals surface area contributed by atoms with Crippen LogP contribution in [0.4, 0.5) is 5.69 Å². The van der Waals surface area contributed by atoms with Gasteiger partial charge in [-0.3, -0.25) is 19.2 Å². The molecule has 3 aliphatic heterocycles. The Morgan fingerprint density at radius 1 is 1.04 bits per heavy atom. The van der Waals surface area contributed by atoms with Crippen LogP contribution >= 0.6 is 0 Å². The van der Waals surface area contributed by atoms with Crippen LogP contribution in [0, 0.1) is 25.7 Å². The van der Waals surface area contributed by atoms with Gasteiger partial charge in [0.05, 0.1) is 36.6 Å². The van der Waals surface area contributed by atoms with E-state index in [9.17, 15) is 14.7 Å². The molecule has 0 radical (unpaired) electrons. The molecule has 8 atom stereocenters. The van der Waals surface area contributed by atoms with Crippen LogP contribution in [0.25, 0.3) is 0 Å². The Morgan fingerprint density at radius 3 is 2.38 bits per heavy atom. The molecular formula is C45H53N3O7. The molecule has 0 unspecified atom stereocenters. The molecular weight excluding hydrogens is 695 g/mol. The van der Waals surface area contributed by atoms with Crippen LogP contribution in [0.15, 0.2) is 104 Å². The van der Waals surface area contributed by atoms with Gasteiger partial charge in [0.1, 0.15) is 17.7 Å². The summed E-state index contributed by atoms with van der Waals surface area (Å²) in [7, 11) is 1.69. The van der Waals surface area contributed by atoms with Gasteiger partial charge >= 0.3 is 5.97 Å². The number of benzene rings is 3. The monoisotopic (exact) mass is 747 g/mol. The molecule has 1 spiro atoms. The Labute approximate surface area is 324 Å². The minimum atomic E-state index is -1.34. The molecule has 10 nitrogen and oxygen atoms in total. The number of aryl methyl sites for hydroxylation is 2. The van der Waals surface area contributed by atoms with Crippen molar-refractivity contribution in [1.29, 1.82) is 0 Å². The Balaban J connectivity index is 1.40. The summed E-state index contributed by atoms with van der Waals surface area (Å²) < 4.78 is 13.2. The number of likely N-dealkylation sites (N-methyl/N-ethyl adjacent to an activating group) is 1. The maximum Gasteiger partial charge on any atom is 0.313 e. The fourth-order valence-corrected chi connectivity index (χ4v) is 8.89. The Morgan fingerprint density at radius 2 is 1.73 bits per heavy atom. The van der Waals surface area contributed by atoms with E-state index in [1.807, 2.05) is 99.6 Å². The molecule has 3 saturated heterocycles. The number of nitrogens with zero attached hydrogens (tertiary/aromatic N) is 3. The highest BCUT2D eigenvalue weighted by molar-refractivity contribution is 6.05. The summed E-state index contributed by atoms with van der Waals surface area (Å²) in [6.45, 7) is 13.2. The second-order valence-corrected chi connectivity index (χ2v) is 15.2. The van der Waals surface area contributed by atoms with E-state index < -0.39 is 66.3 Å². The lowest BCUT2D eigenvalue weighted by Gasteiger charge is -2.39. The number of allylic oxidation sites excluding steroid dienone is 1. The standard InChI is InChI=1S/C45H53N3O7/c1-7-9-20-37(50)46(6)31(5)40(33-18-14-11-15-19-33)54-44(53)38-36-23-24-45(55-36)39(38)42(51)48(34(28-49)27-32-16-12-10-13-17-32)41(45)43(52)47(25-8-2)35-26-29(3)21-22-30(35)4/h7-8,10-19,21-22,26,31,34,36,38-41,49H,1-2,9,20,23-25,27-28H2,3-6H3/t31-,34+,36+,38-,39-,40+,41+,45-/m0/s1. The van der Waals surface area contributed by atoms with E-state index in [1.54, 1.807) is 29.0 Å². The van der Waals surface area contributed by atoms with Crippen LogP contribution in [0.5, 0.6) is 0 Å². The van der Waals surface area contributed by atoms with Crippen molar-refractivity contribution < 1.29 is 33.8 Å². The average Bonchev–Trinajstić information content (AvgIpc) is 3.85. The van der Waals surface area contributed by atoms with Crippen LogP contribution in [0.3, 0.4) is 0 Å². The van der Waals surface area contributed by atoms with Gasteiger partial charge in [-0.05, 0) is 74.8 Å². The van der Waals surface area contributed by atoms with Crippen molar-refractivity contribution in [2.45, 2.75) is 88.8 Å². The molecule has 0 saturated carbocycles. The Bertz CT molecular complexity index is 1900. The number of likely N-dealkylation sites (tertiary alicyclic amines) is 1. The minimum absolute atomic E-state index is 0.115. The second-order valence-electron chi connectivity index (χ2n) is 15.2. The number of amides is 3. The molecule has 3 heterocycles. The second kappa shape index (κ2) is 16.8. The third kappa shape index (κ3) is 7.50. The van der Waals surface area contributed by atoms with E-state index in [2.05, 4.69) is 13.2 Å². The van der Waals surface area contributed by atoms with Gasteiger partial charge in [0.2, 0.25) is 11.8 Å². The zero-order valence-electron chi connectivity index (χ0n) is 32.3. The summed E-state index contributed by atoms with van der Waals surface area (Å²) in [5, 5.41) is 11.0. The molecule has 0 aromatic heterocycles. The largest absolute Gasteiger partial charge is 0.455 e. The van der Waals surface area contributed by atoms with E-state index >= 15 is 9.59 Å². The maximum atomic E-state index is 15.3. The quantitative estimate of drug-likeness (QED) is 0.143. The molecule has 3 fully saturated rings. The molecule has 1 N–H and O–H groups in total. The molecule has 10 heteroatoms. The van der Waals surface area contributed by atoms with Crippen molar-refractivity contribution in [2.75, 3.05) is 25.1 Å². The highest BCUT2D eigenvalue weighted by Gasteiger charge is 2.76. The van der Waals surface area contributed by atoms with Gasteiger partial charge in [-0.15, -0.1) is 13.2 Å². The summed E-state index contributed by atoms with van der Waals surface area (Å²) in [6.07, 6.45) is 3.73. The molecule has 3 aromatic carbocycles. The molecule has 6 rings (SSSR count). The highest BCUT2D eigenvalue weighted by Crippen LogP contribution is 2.59. The van der Waals surface area contributed by atoms with E-state index in [0.717, 1.165) is 16.7 Å². The lowest BCUT2D eigenvalue weighted by atomic mass is 9.70. The number of aliphatic hydroxyl groups excluding tert-OH is 1. The predicted molar refractivity (Wildman–Crippen MR) is 211 cm³/mol. The van der Waals surface area contributed by atoms with Crippen LogP contribution in [-0.4, -0.2) is 88.6 Å². The van der Waals surface area contributed by atoms with E-state index in [1.165, 1.54) is 4.90 Å². The first-order valence-corrected chi connectivity index (χ1v) is 19.2. The Kier molecular flexibility index (Phi) is 12.1. The van der Waals surface area contributed by atoms with Gasteiger partial charge in [-0.1, -0.05) is 84.9 Å². The van der Waals surface area contributed by atoms with Crippen molar-refractivity contribution in [3.05, 3.63) is 126 Å². The molecule has 2 bridgehead atoms. The number of ether oxygens (including phenoxy) is 2. The van der Waals surface area contributed by atoms with Crippen molar-refractivity contribution in [1.82, 2.24) is 9.80 Å². The summed E-state index contributed by atoms with van der Waals surface area (Å²) in [6, 6.07) is 22.2. The number of fused-ring (bicyclic) bond motifs is 1. The number of aliphatic hydroxyl groups is 1. The summed E-state index contributed by atoms with van der Waals surface area (Å²) in [4.78, 5) is 62.9. The molecule has 3 aromatic rings. The maximum absolute atomic E-state index is 15.3. The van der Waals surface area contributed by atoms with Gasteiger partial charge in [-0.2, -0.15) is 0 Å². The minimum Gasteiger partial charge on any atom is -0.455 e. The zero-order chi connectivity index (χ0) is 39.4. The van der Waals surface area contributed by atoms with Crippen molar-refractivity contribution in [2.24, 2.45) is 11.8 Å². The smallest absolute Gasteiger partial charge is 0.313 e. The fraction of sp³-hybridized carbons (Fsp3) is 0.422. The van der Waals surface area contributed by atoms with Gasteiger partial charge in [0, 0.05) is 25.7 Å². The molecule has 290 valence electrons. The average molecular weight is 748 g/mol. The number of hydrogen-bond acceptors (Lipinski definition) is 7. The first kappa shape index (κ1) is 39.6. The van der Waals surface area contributed by atoms with Gasteiger partial charge < -0.3 is 29.3 Å². The van der Waals surface area contributed by atoms with E-state index in [0.29, 0.717) is 36.9 Å². The van der Waals surface area contributed by atoms with Crippen molar-refractivity contribution in [3.8, 4) is 0 Å². The molecule has 3 amide bonds. The summed E-state index contributed by atoms with van der Waals surface area (Å²) >= 11 is 0. The number of esters is 1. The van der Waals surface area contributed by atoms with Crippen LogP contribution in [0.2, 0.25) is 0 Å². The van der Waals surface area contributed by atoms with Crippen LogP contribution < -0.4 is 4.90 Å². The summed E-state index contributed by atoms with van der Waals surface area (Å²) in [5.41, 5.74) is 2.78. The normalized spacial score (nSPS) is 24.1. The Hall–Kier alpha value is -5.06. The number of rotatable bonds is 16. The zero-order valence-corrected chi connectivity index (χ0v) is 32.3.